The van der Waals surface area contributed by atoms with E-state index in [-0.39, 0.29) is 30.2 Å². The molecule has 0 bridgehead atoms. The number of ether oxygens (including phenoxy) is 3. The Morgan fingerprint density at radius 3 is 1.10 bits per heavy atom. The zero-order valence-electron chi connectivity index (χ0n) is 47.1. The lowest BCUT2D eigenvalue weighted by molar-refractivity contribution is -0.150. The Balaban J connectivity index is 4.39. The van der Waals surface area contributed by atoms with Crippen molar-refractivity contribution in [2.75, 3.05) is 54.4 Å². The molecule has 1 amide bonds. The summed E-state index contributed by atoms with van der Waals surface area (Å²) >= 11 is 0. The van der Waals surface area contributed by atoms with Crippen LogP contribution in [0.2, 0.25) is 0 Å². The van der Waals surface area contributed by atoms with E-state index in [0.29, 0.717) is 26.0 Å². The van der Waals surface area contributed by atoms with Gasteiger partial charge in [0.15, 0.2) is 0 Å². The Morgan fingerprint density at radius 2 is 0.681 bits per heavy atom. The van der Waals surface area contributed by atoms with Crippen LogP contribution in [0.1, 0.15) is 303 Å². The van der Waals surface area contributed by atoms with E-state index in [1.54, 1.807) is 0 Å². The highest BCUT2D eigenvalue weighted by Gasteiger charge is 2.17. The Kier molecular flexibility index (Phi) is 52.5. The number of amides is 1. The van der Waals surface area contributed by atoms with Crippen LogP contribution in [-0.4, -0.2) is 94.5 Å². The van der Waals surface area contributed by atoms with Gasteiger partial charge in [0, 0.05) is 19.4 Å². The van der Waals surface area contributed by atoms with Crippen molar-refractivity contribution in [1.29, 1.82) is 0 Å². The fourth-order valence-electron chi connectivity index (χ4n) is 9.47. The number of hydrogen-bond acceptors (Lipinski definition) is 8. The van der Waals surface area contributed by atoms with Crippen LogP contribution in [0.4, 0.5) is 4.79 Å². The van der Waals surface area contributed by atoms with Gasteiger partial charge in [0.2, 0.25) is 0 Å². The van der Waals surface area contributed by atoms with Gasteiger partial charge in [0.1, 0.15) is 12.2 Å². The van der Waals surface area contributed by atoms with Crippen LogP contribution in [-0.2, 0) is 23.8 Å². The molecule has 69 heavy (non-hydrogen) atoms. The molecule has 410 valence electrons. The Labute approximate surface area is 429 Å². The maximum absolute atomic E-state index is 12.9. The van der Waals surface area contributed by atoms with Crippen molar-refractivity contribution in [3.05, 3.63) is 0 Å². The highest BCUT2D eigenvalue weighted by atomic mass is 16.6. The van der Waals surface area contributed by atoms with Crippen molar-refractivity contribution in [2.45, 2.75) is 315 Å². The van der Waals surface area contributed by atoms with Gasteiger partial charge in [-0.1, -0.05) is 213 Å². The van der Waals surface area contributed by atoms with Gasteiger partial charge in [-0.3, -0.25) is 9.59 Å². The minimum Gasteiger partial charge on any atom is -0.466 e. The topological polar surface area (TPSA) is 97.4 Å². The van der Waals surface area contributed by atoms with Crippen molar-refractivity contribution in [3.63, 3.8) is 0 Å². The summed E-state index contributed by atoms with van der Waals surface area (Å²) in [6.07, 6.45) is 52.5. The third kappa shape index (κ3) is 53.8. The van der Waals surface area contributed by atoms with Gasteiger partial charge in [0.05, 0.1) is 6.61 Å². The highest BCUT2D eigenvalue weighted by Crippen LogP contribution is 2.20. The molecule has 0 aliphatic rings. The lowest BCUT2D eigenvalue weighted by atomic mass is 10.0. The summed E-state index contributed by atoms with van der Waals surface area (Å²) in [4.78, 5) is 42.3. The first-order valence-corrected chi connectivity index (χ1v) is 30.3. The van der Waals surface area contributed by atoms with Gasteiger partial charge in [-0.25, -0.2) is 4.79 Å². The molecule has 0 rings (SSSR count). The lowest BCUT2D eigenvalue weighted by Crippen LogP contribution is -2.31. The standard InChI is InChI=1S/C60H119N3O6/c1-7-9-11-13-15-17-19-21-23-25-27-29-31-33-41-50-58(64)67-55-43-36-35-38-47-57(69-60(66)61-52-45-54-63(5)6)48-40-37-39-46-56(49-44-53-62(3)4)68-59(65)51-42-34-32-30-28-26-24-22-20-18-16-14-12-10-8-2/h56-57H,7-55H2,1-6H3,(H,61,66). The van der Waals surface area contributed by atoms with Crippen molar-refractivity contribution in [3.8, 4) is 0 Å². The van der Waals surface area contributed by atoms with Crippen LogP contribution < -0.4 is 5.32 Å². The van der Waals surface area contributed by atoms with E-state index in [1.165, 1.54) is 167 Å². The Hall–Kier alpha value is -1.87. The third-order valence-corrected chi connectivity index (χ3v) is 14.0. The average Bonchev–Trinajstić information content (AvgIpc) is 3.32. The number of carbonyl (C=O) groups excluding carboxylic acids is 3. The van der Waals surface area contributed by atoms with Gasteiger partial charge >= 0.3 is 18.0 Å². The number of rotatable bonds is 55. The molecule has 0 aliphatic carbocycles. The summed E-state index contributed by atoms with van der Waals surface area (Å²) in [5.41, 5.74) is 0. The molecule has 2 atom stereocenters. The van der Waals surface area contributed by atoms with Crippen molar-refractivity contribution in [1.82, 2.24) is 15.1 Å². The van der Waals surface area contributed by atoms with Crippen LogP contribution in [0.15, 0.2) is 0 Å². The van der Waals surface area contributed by atoms with Gasteiger partial charge < -0.3 is 29.3 Å². The number of esters is 2. The van der Waals surface area contributed by atoms with E-state index in [9.17, 15) is 14.4 Å². The first-order chi connectivity index (χ1) is 33.7. The summed E-state index contributed by atoms with van der Waals surface area (Å²) in [6, 6.07) is 0. The molecular formula is C60H119N3O6. The summed E-state index contributed by atoms with van der Waals surface area (Å²) in [6.45, 7) is 7.58. The van der Waals surface area contributed by atoms with Crippen LogP contribution in [0.5, 0.6) is 0 Å². The molecule has 0 spiro atoms. The molecule has 9 nitrogen and oxygen atoms in total. The lowest BCUT2D eigenvalue weighted by Gasteiger charge is -2.20. The van der Waals surface area contributed by atoms with E-state index in [4.69, 9.17) is 14.2 Å². The minimum absolute atomic E-state index is 0.0259. The average molecular weight is 979 g/mol. The molecule has 1 N–H and O–H groups in total. The molecule has 0 fully saturated rings. The first kappa shape index (κ1) is 67.1. The summed E-state index contributed by atoms with van der Waals surface area (Å²) in [5.74, 6) is -0.0821. The van der Waals surface area contributed by atoms with Crippen molar-refractivity contribution < 1.29 is 28.6 Å². The van der Waals surface area contributed by atoms with Gasteiger partial charge in [-0.2, -0.15) is 0 Å². The second-order valence-electron chi connectivity index (χ2n) is 21.6. The Morgan fingerprint density at radius 1 is 0.362 bits per heavy atom. The monoisotopic (exact) mass is 978 g/mol. The second-order valence-corrected chi connectivity index (χ2v) is 21.6. The number of unbranched alkanes of at least 4 members (excludes halogenated alkanes) is 33. The van der Waals surface area contributed by atoms with Crippen molar-refractivity contribution >= 4 is 18.0 Å². The van der Waals surface area contributed by atoms with E-state index in [2.05, 4.69) is 43.1 Å². The number of nitrogens with one attached hydrogen (secondary N) is 1. The minimum atomic E-state index is -0.318. The number of hydrogen-bond donors (Lipinski definition) is 1. The quantitative estimate of drug-likeness (QED) is 0.0366. The molecule has 9 heteroatoms. The van der Waals surface area contributed by atoms with E-state index in [0.717, 1.165) is 122 Å². The first-order valence-electron chi connectivity index (χ1n) is 30.3. The largest absolute Gasteiger partial charge is 0.466 e. The van der Waals surface area contributed by atoms with E-state index >= 15 is 0 Å². The van der Waals surface area contributed by atoms with Crippen LogP contribution in [0.25, 0.3) is 0 Å². The summed E-state index contributed by atoms with van der Waals surface area (Å²) < 4.78 is 17.6. The molecule has 2 unspecified atom stereocenters. The van der Waals surface area contributed by atoms with Crippen LogP contribution >= 0.6 is 0 Å². The van der Waals surface area contributed by atoms with Crippen molar-refractivity contribution in [2.24, 2.45) is 0 Å². The van der Waals surface area contributed by atoms with E-state index in [1.807, 2.05) is 14.1 Å². The van der Waals surface area contributed by atoms with Crippen LogP contribution in [0.3, 0.4) is 0 Å². The maximum Gasteiger partial charge on any atom is 0.407 e. The maximum atomic E-state index is 12.9. The second kappa shape index (κ2) is 53.9. The predicted octanol–water partition coefficient (Wildman–Crippen LogP) is 17.3. The number of alkyl carbamates (subject to hydrolysis) is 1. The van der Waals surface area contributed by atoms with Gasteiger partial charge in [0.25, 0.3) is 0 Å². The zero-order valence-corrected chi connectivity index (χ0v) is 47.1. The summed E-state index contributed by atoms with van der Waals surface area (Å²) in [7, 11) is 8.27. The number of carbonyl (C=O) groups is 3. The molecule has 0 heterocycles. The molecule has 0 aliphatic heterocycles. The normalized spacial score (nSPS) is 12.5. The zero-order chi connectivity index (χ0) is 50.5. The molecule has 0 saturated carbocycles. The third-order valence-electron chi connectivity index (χ3n) is 14.0. The summed E-state index contributed by atoms with van der Waals surface area (Å²) in [5, 5.41) is 2.96. The van der Waals surface area contributed by atoms with Gasteiger partial charge in [-0.15, -0.1) is 0 Å². The smallest absolute Gasteiger partial charge is 0.407 e. The SMILES string of the molecule is CCCCCCCCCCCCCCCCCC(=O)OCCCCCCC(CCCCCC(CCCN(C)C)OC(=O)CCCCCCCCCCCCCCCCC)OC(=O)NCCCN(C)C. The molecule has 0 aromatic heterocycles. The molecule has 0 aromatic carbocycles. The number of nitrogens with zero attached hydrogens (tertiary/aromatic N) is 2. The fourth-order valence-corrected chi connectivity index (χ4v) is 9.47. The fraction of sp³-hybridized carbons (Fsp3) is 0.950. The molecule has 0 saturated heterocycles. The molecule has 0 radical (unpaired) electrons. The van der Waals surface area contributed by atoms with Gasteiger partial charge in [-0.05, 0) is 118 Å². The molecule has 0 aromatic rings. The highest BCUT2D eigenvalue weighted by molar-refractivity contribution is 5.69. The molecular weight excluding hydrogens is 859 g/mol. The van der Waals surface area contributed by atoms with E-state index < -0.39 is 0 Å². The van der Waals surface area contributed by atoms with Crippen LogP contribution in [0, 0.1) is 0 Å². The predicted molar refractivity (Wildman–Crippen MR) is 295 cm³/mol. The Bertz CT molecular complexity index is 1090.